The molecule has 0 amide bonds. The van der Waals surface area contributed by atoms with Gasteiger partial charge in [0, 0.05) is 11.8 Å². The van der Waals surface area contributed by atoms with Gasteiger partial charge in [-0.3, -0.25) is 0 Å². The van der Waals surface area contributed by atoms with Crippen LogP contribution in [0.2, 0.25) is 0 Å². The number of benzene rings is 1. The monoisotopic (exact) mass is 260 g/mol. The average molecular weight is 260 g/mol. The average Bonchev–Trinajstić information content (AvgIpc) is 2.14. The van der Waals surface area contributed by atoms with Gasteiger partial charge in [0.05, 0.1) is 11.0 Å². The molecule has 0 aliphatic rings. The van der Waals surface area contributed by atoms with Crippen molar-refractivity contribution in [1.82, 2.24) is 0 Å². The molecule has 1 aromatic rings. The van der Waals surface area contributed by atoms with E-state index in [0.29, 0.717) is 5.56 Å². The fourth-order valence-corrected chi connectivity index (χ4v) is 2.68. The molecule has 1 unspecified atom stereocenters. The highest BCUT2D eigenvalue weighted by molar-refractivity contribution is 7.90. The topological polar surface area (TPSA) is 54.4 Å². The standard InChI is InChI=1S/C12H17FO3S/c1-7(2)9-5-10(13)12(8(3)14)11(6-9)17(4,15)16/h5-8,14H,1-4H3. The first-order valence-corrected chi connectivity index (χ1v) is 7.25. The van der Waals surface area contributed by atoms with Crippen LogP contribution in [0.25, 0.3) is 0 Å². The highest BCUT2D eigenvalue weighted by Gasteiger charge is 2.22. The first kappa shape index (κ1) is 14.1. The van der Waals surface area contributed by atoms with Crippen LogP contribution >= 0.6 is 0 Å². The van der Waals surface area contributed by atoms with E-state index in [2.05, 4.69) is 0 Å². The second kappa shape index (κ2) is 4.74. The van der Waals surface area contributed by atoms with E-state index in [-0.39, 0.29) is 16.4 Å². The molecular weight excluding hydrogens is 243 g/mol. The summed E-state index contributed by atoms with van der Waals surface area (Å²) in [6.07, 6.45) is -0.140. The zero-order valence-corrected chi connectivity index (χ0v) is 11.2. The van der Waals surface area contributed by atoms with Crippen LogP contribution in [-0.4, -0.2) is 19.8 Å². The van der Waals surface area contributed by atoms with Gasteiger partial charge in [0.25, 0.3) is 0 Å². The zero-order chi connectivity index (χ0) is 13.4. The van der Waals surface area contributed by atoms with Gasteiger partial charge in [0.15, 0.2) is 9.84 Å². The quantitative estimate of drug-likeness (QED) is 0.908. The summed E-state index contributed by atoms with van der Waals surface area (Å²) >= 11 is 0. The minimum absolute atomic E-state index is 0.0213. The molecule has 96 valence electrons. The molecule has 0 fully saturated rings. The summed E-state index contributed by atoms with van der Waals surface area (Å²) in [4.78, 5) is -0.129. The van der Waals surface area contributed by atoms with Crippen molar-refractivity contribution in [2.45, 2.75) is 37.7 Å². The maximum atomic E-state index is 13.8. The van der Waals surface area contributed by atoms with Gasteiger partial charge in [-0.15, -0.1) is 0 Å². The van der Waals surface area contributed by atoms with Crippen LogP contribution in [0.15, 0.2) is 17.0 Å². The normalized spacial score (nSPS) is 14.1. The number of aliphatic hydroxyl groups excluding tert-OH is 1. The van der Waals surface area contributed by atoms with Gasteiger partial charge in [-0.05, 0) is 30.5 Å². The first-order chi connectivity index (χ1) is 7.64. The third kappa shape index (κ3) is 3.04. The highest BCUT2D eigenvalue weighted by atomic mass is 32.2. The fourth-order valence-electron chi connectivity index (χ4n) is 1.66. The van der Waals surface area contributed by atoms with E-state index in [0.717, 1.165) is 6.26 Å². The molecule has 0 heterocycles. The molecule has 17 heavy (non-hydrogen) atoms. The Morgan fingerprint density at radius 2 is 1.76 bits per heavy atom. The highest BCUT2D eigenvalue weighted by Crippen LogP contribution is 2.29. The summed E-state index contributed by atoms with van der Waals surface area (Å²) in [6, 6.07) is 2.71. The molecule has 1 rings (SSSR count). The van der Waals surface area contributed by atoms with Gasteiger partial charge in [-0.2, -0.15) is 0 Å². The molecule has 0 aliphatic carbocycles. The number of rotatable bonds is 3. The molecular formula is C12H17FO3S. The smallest absolute Gasteiger partial charge is 0.176 e. The van der Waals surface area contributed by atoms with Crippen molar-refractivity contribution >= 4 is 9.84 Å². The van der Waals surface area contributed by atoms with E-state index in [4.69, 9.17) is 0 Å². The Morgan fingerprint density at radius 1 is 1.24 bits per heavy atom. The molecule has 5 heteroatoms. The molecule has 0 saturated heterocycles. The van der Waals surface area contributed by atoms with Crippen molar-refractivity contribution in [3.63, 3.8) is 0 Å². The van der Waals surface area contributed by atoms with Crippen LogP contribution in [0.1, 0.15) is 43.9 Å². The van der Waals surface area contributed by atoms with Crippen molar-refractivity contribution in [2.75, 3.05) is 6.26 Å². The largest absolute Gasteiger partial charge is 0.389 e. The van der Waals surface area contributed by atoms with Crippen molar-refractivity contribution in [2.24, 2.45) is 0 Å². The minimum atomic E-state index is -3.56. The van der Waals surface area contributed by atoms with Crippen LogP contribution in [0.5, 0.6) is 0 Å². The van der Waals surface area contributed by atoms with E-state index in [9.17, 15) is 17.9 Å². The van der Waals surface area contributed by atoms with E-state index in [1.54, 1.807) is 0 Å². The maximum absolute atomic E-state index is 13.8. The molecule has 0 aliphatic heterocycles. The van der Waals surface area contributed by atoms with Gasteiger partial charge in [-0.25, -0.2) is 12.8 Å². The van der Waals surface area contributed by atoms with Crippen molar-refractivity contribution in [3.8, 4) is 0 Å². The van der Waals surface area contributed by atoms with Crippen molar-refractivity contribution < 1.29 is 17.9 Å². The van der Waals surface area contributed by atoms with E-state index < -0.39 is 21.8 Å². The third-order valence-corrected chi connectivity index (χ3v) is 3.73. The summed E-state index contributed by atoms with van der Waals surface area (Å²) in [5, 5.41) is 9.47. The van der Waals surface area contributed by atoms with Crippen LogP contribution < -0.4 is 0 Å². The Labute approximate surface area is 101 Å². The second-order valence-corrected chi connectivity index (χ2v) is 6.50. The number of aliphatic hydroxyl groups is 1. The van der Waals surface area contributed by atoms with Crippen LogP contribution in [0.4, 0.5) is 4.39 Å². The zero-order valence-electron chi connectivity index (χ0n) is 10.4. The van der Waals surface area contributed by atoms with E-state index in [1.807, 2.05) is 13.8 Å². The number of halogens is 1. The molecule has 3 nitrogen and oxygen atoms in total. The Hall–Kier alpha value is -0.940. The molecule has 1 N–H and O–H groups in total. The maximum Gasteiger partial charge on any atom is 0.176 e. The van der Waals surface area contributed by atoms with Gasteiger partial charge in [0.2, 0.25) is 0 Å². The second-order valence-electron chi connectivity index (χ2n) is 4.52. The molecule has 0 radical (unpaired) electrons. The summed E-state index contributed by atoms with van der Waals surface area (Å²) in [6.45, 7) is 5.05. The fraction of sp³-hybridized carbons (Fsp3) is 0.500. The van der Waals surface area contributed by atoms with Gasteiger partial charge in [-0.1, -0.05) is 13.8 Å². The summed E-state index contributed by atoms with van der Waals surface area (Å²) < 4.78 is 37.0. The van der Waals surface area contributed by atoms with E-state index >= 15 is 0 Å². The summed E-state index contributed by atoms with van der Waals surface area (Å²) in [5.74, 6) is -0.653. The predicted octanol–water partition coefficient (Wildman–Crippen LogP) is 2.41. The van der Waals surface area contributed by atoms with Gasteiger partial charge in [0.1, 0.15) is 5.82 Å². The lowest BCUT2D eigenvalue weighted by atomic mass is 9.99. The number of hydrogen-bond donors (Lipinski definition) is 1. The molecule has 0 spiro atoms. The Balaban J connectivity index is 3.63. The SMILES string of the molecule is CC(C)c1cc(F)c(C(C)O)c(S(C)(=O)=O)c1. The lowest BCUT2D eigenvalue weighted by molar-refractivity contribution is 0.190. The van der Waals surface area contributed by atoms with Gasteiger partial charge >= 0.3 is 0 Å². The first-order valence-electron chi connectivity index (χ1n) is 5.36. The summed E-state index contributed by atoms with van der Waals surface area (Å²) in [7, 11) is -3.56. The predicted molar refractivity (Wildman–Crippen MR) is 64.2 cm³/mol. The Bertz CT molecular complexity index is 519. The van der Waals surface area contributed by atoms with E-state index in [1.165, 1.54) is 19.1 Å². The van der Waals surface area contributed by atoms with Crippen LogP contribution in [0, 0.1) is 5.82 Å². The van der Waals surface area contributed by atoms with Gasteiger partial charge < -0.3 is 5.11 Å². The molecule has 0 bridgehead atoms. The number of hydrogen-bond acceptors (Lipinski definition) is 3. The minimum Gasteiger partial charge on any atom is -0.389 e. The lowest BCUT2D eigenvalue weighted by Gasteiger charge is -2.15. The third-order valence-electron chi connectivity index (χ3n) is 2.60. The Morgan fingerprint density at radius 3 is 2.12 bits per heavy atom. The summed E-state index contributed by atoms with van der Waals surface area (Å²) in [5.41, 5.74) is 0.448. The molecule has 1 atom stereocenters. The lowest BCUT2D eigenvalue weighted by Crippen LogP contribution is -2.09. The number of sulfone groups is 1. The van der Waals surface area contributed by atoms with Crippen molar-refractivity contribution in [1.29, 1.82) is 0 Å². The Kier molecular flexibility index (Phi) is 3.94. The van der Waals surface area contributed by atoms with Crippen molar-refractivity contribution in [3.05, 3.63) is 29.1 Å². The van der Waals surface area contributed by atoms with Crippen LogP contribution in [0.3, 0.4) is 0 Å². The van der Waals surface area contributed by atoms with Crippen LogP contribution in [-0.2, 0) is 9.84 Å². The molecule has 0 saturated carbocycles. The molecule has 1 aromatic carbocycles. The molecule has 0 aromatic heterocycles.